The lowest BCUT2D eigenvalue weighted by atomic mass is 9.88. The molecule has 3 unspecified atom stereocenters. The zero-order valence-corrected chi connectivity index (χ0v) is 11.6. The van der Waals surface area contributed by atoms with E-state index in [2.05, 4.69) is 38.1 Å². The minimum atomic E-state index is 0.268. The fourth-order valence-electron chi connectivity index (χ4n) is 3.73. The van der Waals surface area contributed by atoms with Gasteiger partial charge in [-0.2, -0.15) is 0 Å². The lowest BCUT2D eigenvalue weighted by Gasteiger charge is -2.21. The van der Waals surface area contributed by atoms with Gasteiger partial charge in [0.2, 0.25) is 0 Å². The molecule has 2 aliphatic rings. The lowest BCUT2D eigenvalue weighted by molar-refractivity contribution is 0.404. The summed E-state index contributed by atoms with van der Waals surface area (Å²) in [6.07, 6.45) is 5.40. The van der Waals surface area contributed by atoms with Gasteiger partial charge >= 0.3 is 0 Å². The Morgan fingerprint density at radius 1 is 1.17 bits per heavy atom. The normalized spacial score (nSPS) is 31.4. The van der Waals surface area contributed by atoms with Crippen molar-refractivity contribution in [3.05, 3.63) is 35.4 Å². The highest BCUT2D eigenvalue weighted by Gasteiger charge is 2.47. The summed E-state index contributed by atoms with van der Waals surface area (Å²) in [5.41, 5.74) is 9.29. The van der Waals surface area contributed by atoms with Crippen molar-refractivity contribution in [3.63, 3.8) is 0 Å². The van der Waals surface area contributed by atoms with Crippen LogP contribution < -0.4 is 5.73 Å². The molecule has 0 amide bonds. The molecule has 98 valence electrons. The molecule has 1 aromatic rings. The quantitative estimate of drug-likeness (QED) is 0.852. The summed E-state index contributed by atoms with van der Waals surface area (Å²) in [4.78, 5) is 0. The van der Waals surface area contributed by atoms with Crippen LogP contribution in [0.5, 0.6) is 0 Å². The van der Waals surface area contributed by atoms with Gasteiger partial charge in [-0.1, -0.05) is 38.1 Å². The third kappa shape index (κ3) is 2.47. The van der Waals surface area contributed by atoms with Crippen LogP contribution in [0.15, 0.2) is 24.3 Å². The van der Waals surface area contributed by atoms with Gasteiger partial charge < -0.3 is 5.73 Å². The average Bonchev–Trinajstić information content (AvgIpc) is 2.95. The molecule has 2 N–H and O–H groups in total. The van der Waals surface area contributed by atoms with Crippen molar-refractivity contribution in [2.45, 2.75) is 45.6 Å². The SMILES string of the molecule is CC(C)Cc1cccc(C(N)C2CC3CC3C2)c1. The molecule has 1 nitrogen and oxygen atoms in total. The van der Waals surface area contributed by atoms with Crippen LogP contribution >= 0.6 is 0 Å². The lowest BCUT2D eigenvalue weighted by Crippen LogP contribution is -2.20. The molecule has 1 heteroatoms. The van der Waals surface area contributed by atoms with Crippen LogP contribution in [0.1, 0.15) is 50.3 Å². The fourth-order valence-corrected chi connectivity index (χ4v) is 3.73. The molecular formula is C17H25N. The molecule has 2 saturated carbocycles. The molecule has 0 bridgehead atoms. The van der Waals surface area contributed by atoms with E-state index in [1.54, 1.807) is 0 Å². The van der Waals surface area contributed by atoms with E-state index in [0.29, 0.717) is 0 Å². The minimum Gasteiger partial charge on any atom is -0.324 e. The predicted molar refractivity (Wildman–Crippen MR) is 76.2 cm³/mol. The second kappa shape index (κ2) is 4.70. The van der Waals surface area contributed by atoms with Gasteiger partial charge in [0.15, 0.2) is 0 Å². The third-order valence-corrected chi connectivity index (χ3v) is 4.77. The largest absolute Gasteiger partial charge is 0.324 e. The van der Waals surface area contributed by atoms with Gasteiger partial charge in [0, 0.05) is 6.04 Å². The summed E-state index contributed by atoms with van der Waals surface area (Å²) in [6.45, 7) is 4.55. The van der Waals surface area contributed by atoms with E-state index in [9.17, 15) is 0 Å². The first-order chi connectivity index (χ1) is 8.63. The fraction of sp³-hybridized carbons (Fsp3) is 0.647. The highest BCUT2D eigenvalue weighted by molar-refractivity contribution is 5.27. The summed E-state index contributed by atoms with van der Waals surface area (Å²) in [7, 11) is 0. The summed E-state index contributed by atoms with van der Waals surface area (Å²) < 4.78 is 0. The Morgan fingerprint density at radius 2 is 1.89 bits per heavy atom. The maximum absolute atomic E-state index is 6.48. The van der Waals surface area contributed by atoms with E-state index in [-0.39, 0.29) is 6.04 Å². The van der Waals surface area contributed by atoms with Crippen LogP contribution in [0, 0.1) is 23.7 Å². The Bertz CT molecular complexity index is 413. The van der Waals surface area contributed by atoms with Crippen molar-refractivity contribution < 1.29 is 0 Å². The van der Waals surface area contributed by atoms with Gasteiger partial charge in [-0.25, -0.2) is 0 Å². The zero-order chi connectivity index (χ0) is 12.7. The minimum absolute atomic E-state index is 0.268. The van der Waals surface area contributed by atoms with Crippen molar-refractivity contribution in [1.29, 1.82) is 0 Å². The zero-order valence-electron chi connectivity index (χ0n) is 11.6. The van der Waals surface area contributed by atoms with E-state index in [1.807, 2.05) is 0 Å². The molecule has 0 heterocycles. The first kappa shape index (κ1) is 12.2. The van der Waals surface area contributed by atoms with Crippen LogP contribution in [-0.2, 0) is 6.42 Å². The Hall–Kier alpha value is -0.820. The number of nitrogens with two attached hydrogens (primary N) is 1. The van der Waals surface area contributed by atoms with Crippen molar-refractivity contribution in [1.82, 2.24) is 0 Å². The molecule has 0 spiro atoms. The van der Waals surface area contributed by atoms with E-state index in [4.69, 9.17) is 5.73 Å². The number of benzene rings is 1. The van der Waals surface area contributed by atoms with Crippen LogP contribution in [0.2, 0.25) is 0 Å². The van der Waals surface area contributed by atoms with Crippen LogP contribution in [0.4, 0.5) is 0 Å². The molecule has 18 heavy (non-hydrogen) atoms. The van der Waals surface area contributed by atoms with Gasteiger partial charge in [-0.15, -0.1) is 0 Å². The molecule has 2 fully saturated rings. The molecule has 0 saturated heterocycles. The standard InChI is InChI=1S/C17H25N/c1-11(2)6-12-4-3-5-13(7-12)17(18)16-9-14-8-15(14)10-16/h3-5,7,11,14-17H,6,8-10,18H2,1-2H3. The molecule has 3 atom stereocenters. The molecule has 0 aromatic heterocycles. The van der Waals surface area contributed by atoms with E-state index >= 15 is 0 Å². The molecule has 0 aliphatic heterocycles. The first-order valence-corrected chi connectivity index (χ1v) is 7.48. The van der Waals surface area contributed by atoms with Gasteiger partial charge in [0.05, 0.1) is 0 Å². The van der Waals surface area contributed by atoms with E-state index in [0.717, 1.165) is 30.1 Å². The Kier molecular flexibility index (Phi) is 3.19. The number of hydrogen-bond donors (Lipinski definition) is 1. The van der Waals surface area contributed by atoms with Gasteiger partial charge in [-0.3, -0.25) is 0 Å². The number of fused-ring (bicyclic) bond motifs is 1. The van der Waals surface area contributed by atoms with Crippen molar-refractivity contribution in [2.24, 2.45) is 29.4 Å². The van der Waals surface area contributed by atoms with E-state index < -0.39 is 0 Å². The van der Waals surface area contributed by atoms with Crippen LogP contribution in [0.3, 0.4) is 0 Å². The van der Waals surface area contributed by atoms with Gasteiger partial charge in [0.25, 0.3) is 0 Å². The third-order valence-electron chi connectivity index (χ3n) is 4.77. The maximum atomic E-state index is 6.48. The van der Waals surface area contributed by atoms with Gasteiger partial charge in [0.1, 0.15) is 0 Å². The smallest absolute Gasteiger partial charge is 0.0323 e. The molecule has 3 rings (SSSR count). The van der Waals surface area contributed by atoms with Crippen LogP contribution in [0.25, 0.3) is 0 Å². The molecule has 2 aliphatic carbocycles. The van der Waals surface area contributed by atoms with Crippen molar-refractivity contribution in [3.8, 4) is 0 Å². The summed E-state index contributed by atoms with van der Waals surface area (Å²) in [5, 5.41) is 0. The highest BCUT2D eigenvalue weighted by atomic mass is 14.7. The average molecular weight is 243 g/mol. The summed E-state index contributed by atoms with van der Waals surface area (Å²) in [6, 6.07) is 9.25. The second-order valence-electron chi connectivity index (χ2n) is 6.86. The Morgan fingerprint density at radius 3 is 2.56 bits per heavy atom. The molecule has 0 radical (unpaired) electrons. The number of hydrogen-bond acceptors (Lipinski definition) is 1. The first-order valence-electron chi connectivity index (χ1n) is 7.48. The number of rotatable bonds is 4. The van der Waals surface area contributed by atoms with Crippen molar-refractivity contribution >= 4 is 0 Å². The Labute approximate surface area is 111 Å². The summed E-state index contributed by atoms with van der Waals surface area (Å²) in [5.74, 6) is 3.51. The Balaban J connectivity index is 1.70. The second-order valence-corrected chi connectivity index (χ2v) is 6.86. The monoisotopic (exact) mass is 243 g/mol. The summed E-state index contributed by atoms with van der Waals surface area (Å²) >= 11 is 0. The topological polar surface area (TPSA) is 26.0 Å². The van der Waals surface area contributed by atoms with Crippen LogP contribution in [-0.4, -0.2) is 0 Å². The van der Waals surface area contributed by atoms with E-state index in [1.165, 1.54) is 30.4 Å². The maximum Gasteiger partial charge on any atom is 0.0323 e. The molecule has 1 aromatic carbocycles. The van der Waals surface area contributed by atoms with Gasteiger partial charge in [-0.05, 0) is 60.5 Å². The predicted octanol–water partition coefficient (Wildman–Crippen LogP) is 3.93. The highest BCUT2D eigenvalue weighted by Crippen LogP contribution is 2.56. The van der Waals surface area contributed by atoms with Crippen molar-refractivity contribution in [2.75, 3.05) is 0 Å². The molecular weight excluding hydrogens is 218 g/mol.